The Hall–Kier alpha value is -2.58. The number of carbonyl (C=O) groups is 1. The van der Waals surface area contributed by atoms with Crippen LogP contribution in [0.3, 0.4) is 0 Å². The molecule has 3 aromatic rings. The zero-order chi connectivity index (χ0) is 20.6. The van der Waals surface area contributed by atoms with Crippen LogP contribution in [0.5, 0.6) is 0 Å². The highest BCUT2D eigenvalue weighted by Crippen LogP contribution is 2.39. The number of thiazole rings is 1. The topological polar surface area (TPSA) is 95.8 Å². The normalized spacial score (nSPS) is 15.7. The van der Waals surface area contributed by atoms with Crippen LogP contribution in [-0.2, 0) is 20.9 Å². The number of nitrogens with one attached hydrogen (secondary N) is 2. The molecule has 1 unspecified atom stereocenters. The van der Waals surface area contributed by atoms with Crippen molar-refractivity contribution in [3.05, 3.63) is 59.4 Å². The number of pyridine rings is 1. The maximum Gasteiger partial charge on any atom is 0.230 e. The summed E-state index contributed by atoms with van der Waals surface area (Å²) in [5.74, 6) is -0.182. The number of nitrogens with zero attached hydrogens (tertiary/aromatic N) is 2. The Morgan fingerprint density at radius 3 is 2.72 bits per heavy atom. The molecule has 2 N–H and O–H groups in total. The van der Waals surface area contributed by atoms with Gasteiger partial charge < -0.3 is 5.32 Å². The van der Waals surface area contributed by atoms with E-state index in [1.54, 1.807) is 13.1 Å². The van der Waals surface area contributed by atoms with Gasteiger partial charge in [-0.05, 0) is 49.9 Å². The Labute approximate surface area is 174 Å². The number of amides is 1. The SMILES string of the molecule is Cc1cc(CC(=O)Nc2nc(C)c(S(=N)(=O)C3CC3)s2)ccc1-c1ccccn1. The van der Waals surface area contributed by atoms with Crippen LogP contribution in [0.4, 0.5) is 5.13 Å². The van der Waals surface area contributed by atoms with Gasteiger partial charge in [0.25, 0.3) is 0 Å². The summed E-state index contributed by atoms with van der Waals surface area (Å²) in [7, 11) is -2.81. The number of hydrogen-bond donors (Lipinski definition) is 2. The molecule has 1 aliphatic rings. The number of benzene rings is 1. The Kier molecular flexibility index (Phi) is 5.23. The van der Waals surface area contributed by atoms with Gasteiger partial charge in [0, 0.05) is 17.0 Å². The van der Waals surface area contributed by atoms with E-state index in [0.29, 0.717) is 15.0 Å². The van der Waals surface area contributed by atoms with Gasteiger partial charge in [0.05, 0.1) is 27.5 Å². The van der Waals surface area contributed by atoms with Gasteiger partial charge in [-0.3, -0.25) is 9.78 Å². The van der Waals surface area contributed by atoms with Gasteiger partial charge in [0.2, 0.25) is 5.91 Å². The van der Waals surface area contributed by atoms with Crippen molar-refractivity contribution in [2.75, 3.05) is 5.32 Å². The molecule has 1 saturated carbocycles. The molecule has 0 radical (unpaired) electrons. The van der Waals surface area contributed by atoms with Crippen LogP contribution in [0.2, 0.25) is 0 Å². The molecule has 8 heteroatoms. The highest BCUT2D eigenvalue weighted by molar-refractivity contribution is 7.95. The lowest BCUT2D eigenvalue weighted by Crippen LogP contribution is -2.14. The molecule has 1 amide bonds. The third-order valence-electron chi connectivity index (χ3n) is 4.87. The zero-order valence-corrected chi connectivity index (χ0v) is 17.9. The maximum atomic E-state index is 12.7. The average Bonchev–Trinajstić information content (AvgIpc) is 3.47. The van der Waals surface area contributed by atoms with Crippen LogP contribution in [0.15, 0.2) is 46.8 Å². The second-order valence-corrected chi connectivity index (χ2v) is 10.8. The highest BCUT2D eigenvalue weighted by Gasteiger charge is 2.36. The molecule has 6 nitrogen and oxygen atoms in total. The lowest BCUT2D eigenvalue weighted by atomic mass is 10.0. The van der Waals surface area contributed by atoms with Gasteiger partial charge in [-0.15, -0.1) is 0 Å². The molecule has 150 valence electrons. The van der Waals surface area contributed by atoms with Gasteiger partial charge in [0.1, 0.15) is 4.21 Å². The summed E-state index contributed by atoms with van der Waals surface area (Å²) in [6.07, 6.45) is 3.64. The summed E-state index contributed by atoms with van der Waals surface area (Å²) >= 11 is 1.16. The third kappa shape index (κ3) is 4.23. The van der Waals surface area contributed by atoms with Gasteiger partial charge in [0.15, 0.2) is 5.13 Å². The largest absolute Gasteiger partial charge is 0.302 e. The minimum Gasteiger partial charge on any atom is -0.302 e. The van der Waals surface area contributed by atoms with E-state index in [-0.39, 0.29) is 17.6 Å². The van der Waals surface area contributed by atoms with E-state index in [2.05, 4.69) is 15.3 Å². The molecule has 1 atom stereocenters. The first-order valence-corrected chi connectivity index (χ1v) is 11.8. The first-order chi connectivity index (χ1) is 13.8. The summed E-state index contributed by atoms with van der Waals surface area (Å²) in [6, 6.07) is 11.7. The number of aryl methyl sites for hydroxylation is 2. The van der Waals surface area contributed by atoms with E-state index < -0.39 is 9.73 Å². The molecule has 2 aromatic heterocycles. The maximum absolute atomic E-state index is 12.7. The minimum absolute atomic E-state index is 0.0641. The second kappa shape index (κ2) is 7.68. The Morgan fingerprint density at radius 1 is 1.28 bits per heavy atom. The molecule has 0 saturated heterocycles. The zero-order valence-electron chi connectivity index (χ0n) is 16.3. The van der Waals surface area contributed by atoms with Crippen LogP contribution in [0.1, 0.15) is 29.7 Å². The number of rotatable bonds is 6. The van der Waals surface area contributed by atoms with Crippen molar-refractivity contribution in [3.8, 4) is 11.3 Å². The molecular formula is C21H22N4O2S2. The molecule has 2 heterocycles. The average molecular weight is 427 g/mol. The standard InChI is InChI=1S/C21H22N4O2S2/c1-13-11-15(6-9-17(13)18-5-3-4-10-23-18)12-19(26)25-21-24-14(2)20(28-21)29(22,27)16-7-8-16/h3-6,9-11,16,22H,7-8,12H2,1-2H3,(H,24,25,26). The number of anilines is 1. The van der Waals surface area contributed by atoms with Gasteiger partial charge in [-0.2, -0.15) is 0 Å². The lowest BCUT2D eigenvalue weighted by Gasteiger charge is -2.08. The first-order valence-electron chi connectivity index (χ1n) is 9.40. The summed E-state index contributed by atoms with van der Waals surface area (Å²) in [6.45, 7) is 3.75. The Morgan fingerprint density at radius 2 is 2.07 bits per heavy atom. The Balaban J connectivity index is 1.46. The van der Waals surface area contributed by atoms with Crippen molar-refractivity contribution in [2.45, 2.75) is 42.6 Å². The highest BCUT2D eigenvalue weighted by atomic mass is 32.2. The van der Waals surface area contributed by atoms with E-state index in [1.165, 1.54) is 0 Å². The number of hydrogen-bond acceptors (Lipinski definition) is 6. The molecule has 29 heavy (non-hydrogen) atoms. The molecule has 0 spiro atoms. The predicted molar refractivity (Wildman–Crippen MR) is 116 cm³/mol. The van der Waals surface area contributed by atoms with Gasteiger partial charge >= 0.3 is 0 Å². The lowest BCUT2D eigenvalue weighted by molar-refractivity contribution is -0.115. The molecule has 0 bridgehead atoms. The van der Waals surface area contributed by atoms with E-state index in [1.807, 2.05) is 43.3 Å². The first kappa shape index (κ1) is 19.7. The molecular weight excluding hydrogens is 404 g/mol. The third-order valence-corrected chi connectivity index (χ3v) is 8.98. The summed E-state index contributed by atoms with van der Waals surface area (Å²) in [5.41, 5.74) is 4.48. The van der Waals surface area contributed by atoms with Gasteiger partial charge in [-0.1, -0.05) is 35.6 Å². The van der Waals surface area contributed by atoms with Crippen LogP contribution in [-0.4, -0.2) is 25.3 Å². The van der Waals surface area contributed by atoms with Gasteiger partial charge in [-0.25, -0.2) is 14.0 Å². The molecule has 0 aliphatic heterocycles. The van der Waals surface area contributed by atoms with E-state index >= 15 is 0 Å². The van der Waals surface area contributed by atoms with Crippen molar-refractivity contribution < 1.29 is 9.00 Å². The van der Waals surface area contributed by atoms with Crippen LogP contribution < -0.4 is 5.32 Å². The molecule has 4 rings (SSSR count). The smallest absolute Gasteiger partial charge is 0.230 e. The summed E-state index contributed by atoms with van der Waals surface area (Å²) < 4.78 is 21.4. The van der Waals surface area contributed by atoms with E-state index in [0.717, 1.165) is 46.6 Å². The van der Waals surface area contributed by atoms with Crippen molar-refractivity contribution in [1.29, 1.82) is 4.78 Å². The predicted octanol–water partition coefficient (Wildman–Crippen LogP) is 4.57. The fraction of sp³-hybridized carbons (Fsp3) is 0.286. The van der Waals surface area contributed by atoms with Crippen LogP contribution >= 0.6 is 11.3 Å². The van der Waals surface area contributed by atoms with Crippen molar-refractivity contribution >= 4 is 32.1 Å². The second-order valence-electron chi connectivity index (χ2n) is 7.28. The fourth-order valence-electron chi connectivity index (χ4n) is 3.26. The summed E-state index contributed by atoms with van der Waals surface area (Å²) in [4.78, 5) is 21.2. The van der Waals surface area contributed by atoms with Crippen LogP contribution in [0, 0.1) is 18.6 Å². The molecule has 1 aromatic carbocycles. The minimum atomic E-state index is -2.81. The van der Waals surface area contributed by atoms with E-state index in [4.69, 9.17) is 4.78 Å². The number of carbonyl (C=O) groups excluding carboxylic acids is 1. The summed E-state index contributed by atoms with van der Waals surface area (Å²) in [5, 5.41) is 3.14. The molecule has 1 aliphatic carbocycles. The Bertz CT molecular complexity index is 1170. The van der Waals surface area contributed by atoms with E-state index in [9.17, 15) is 9.00 Å². The van der Waals surface area contributed by atoms with Crippen molar-refractivity contribution in [2.24, 2.45) is 0 Å². The molecule has 1 fully saturated rings. The van der Waals surface area contributed by atoms with Crippen molar-refractivity contribution in [3.63, 3.8) is 0 Å². The quantitative estimate of drug-likeness (QED) is 0.603. The van der Waals surface area contributed by atoms with Crippen LogP contribution in [0.25, 0.3) is 11.3 Å². The number of aromatic nitrogens is 2. The van der Waals surface area contributed by atoms with Crippen molar-refractivity contribution in [1.82, 2.24) is 9.97 Å². The fourth-order valence-corrected chi connectivity index (χ4v) is 6.71. The monoisotopic (exact) mass is 426 g/mol.